The van der Waals surface area contributed by atoms with Crippen molar-refractivity contribution in [2.24, 2.45) is 7.05 Å². The number of aryl methyl sites for hydroxylation is 1. The number of hydrogen-bond acceptors (Lipinski definition) is 7. The van der Waals surface area contributed by atoms with E-state index in [1.54, 1.807) is 11.7 Å². The van der Waals surface area contributed by atoms with Gasteiger partial charge in [-0.3, -0.25) is 4.90 Å². The van der Waals surface area contributed by atoms with E-state index in [9.17, 15) is 5.11 Å². The molecule has 1 aliphatic rings. The SMILES string of the molecule is Cn1nnnc1SCC(O)CN1CCNCC1. The van der Waals surface area contributed by atoms with Gasteiger partial charge in [0, 0.05) is 45.5 Å². The first-order chi connectivity index (χ1) is 8.25. The fourth-order valence-electron chi connectivity index (χ4n) is 1.76. The van der Waals surface area contributed by atoms with Crippen LogP contribution >= 0.6 is 11.8 Å². The minimum absolute atomic E-state index is 0.338. The molecule has 1 unspecified atom stereocenters. The first-order valence-corrected chi connectivity index (χ1v) is 6.70. The fraction of sp³-hybridized carbons (Fsp3) is 0.889. The first-order valence-electron chi connectivity index (χ1n) is 5.72. The van der Waals surface area contributed by atoms with Crippen LogP contribution in [0.25, 0.3) is 0 Å². The molecule has 17 heavy (non-hydrogen) atoms. The molecule has 0 amide bonds. The molecule has 1 aromatic rings. The van der Waals surface area contributed by atoms with Crippen molar-refractivity contribution >= 4 is 11.8 Å². The number of β-amino-alcohol motifs (C(OH)–C–C–N with tert-alkyl or cyclic N) is 1. The summed E-state index contributed by atoms with van der Waals surface area (Å²) in [7, 11) is 1.80. The molecule has 1 atom stereocenters. The number of rotatable bonds is 5. The Hall–Kier alpha value is -0.700. The number of aliphatic hydroxyl groups is 1. The predicted octanol–water partition coefficient (Wildman–Crippen LogP) is -1.43. The number of hydrogen-bond donors (Lipinski definition) is 2. The molecule has 0 bridgehead atoms. The molecule has 2 heterocycles. The molecule has 1 aliphatic heterocycles. The molecule has 1 fully saturated rings. The summed E-state index contributed by atoms with van der Waals surface area (Å²) in [4.78, 5) is 2.27. The lowest BCUT2D eigenvalue weighted by Gasteiger charge is -2.28. The summed E-state index contributed by atoms with van der Waals surface area (Å²) in [5.41, 5.74) is 0. The van der Waals surface area contributed by atoms with E-state index in [4.69, 9.17) is 0 Å². The van der Waals surface area contributed by atoms with Gasteiger partial charge in [0.05, 0.1) is 6.10 Å². The van der Waals surface area contributed by atoms with Gasteiger partial charge in [-0.15, -0.1) is 5.10 Å². The molecule has 96 valence electrons. The summed E-state index contributed by atoms with van der Waals surface area (Å²) >= 11 is 1.48. The number of nitrogens with zero attached hydrogens (tertiary/aromatic N) is 5. The van der Waals surface area contributed by atoms with Crippen molar-refractivity contribution in [2.45, 2.75) is 11.3 Å². The van der Waals surface area contributed by atoms with Crippen LogP contribution in [0.3, 0.4) is 0 Å². The van der Waals surface area contributed by atoms with Gasteiger partial charge in [0.15, 0.2) is 0 Å². The Morgan fingerprint density at radius 2 is 2.24 bits per heavy atom. The van der Waals surface area contributed by atoms with E-state index >= 15 is 0 Å². The number of thioether (sulfide) groups is 1. The van der Waals surface area contributed by atoms with Crippen molar-refractivity contribution in [1.29, 1.82) is 0 Å². The summed E-state index contributed by atoms with van der Waals surface area (Å²) in [5.74, 6) is 0.623. The van der Waals surface area contributed by atoms with Crippen LogP contribution in [-0.2, 0) is 7.05 Å². The van der Waals surface area contributed by atoms with Gasteiger partial charge in [0.25, 0.3) is 0 Å². The molecule has 0 saturated carbocycles. The van der Waals surface area contributed by atoms with E-state index in [0.717, 1.165) is 37.9 Å². The summed E-state index contributed by atoms with van der Waals surface area (Å²) in [6, 6.07) is 0. The second kappa shape index (κ2) is 6.29. The number of aromatic nitrogens is 4. The van der Waals surface area contributed by atoms with Crippen LogP contribution in [-0.4, -0.2) is 74.8 Å². The van der Waals surface area contributed by atoms with Crippen molar-refractivity contribution < 1.29 is 5.11 Å². The lowest BCUT2D eigenvalue weighted by Crippen LogP contribution is -2.46. The molecular formula is C9H18N6OS. The number of aliphatic hydroxyl groups excluding tert-OH is 1. The van der Waals surface area contributed by atoms with Crippen molar-refractivity contribution in [3.8, 4) is 0 Å². The van der Waals surface area contributed by atoms with Crippen LogP contribution in [0.2, 0.25) is 0 Å². The maximum Gasteiger partial charge on any atom is 0.209 e. The molecule has 7 nitrogen and oxygen atoms in total. The predicted molar refractivity (Wildman–Crippen MR) is 64.8 cm³/mol. The number of piperazine rings is 1. The van der Waals surface area contributed by atoms with Gasteiger partial charge in [-0.1, -0.05) is 11.8 Å². The smallest absolute Gasteiger partial charge is 0.209 e. The molecular weight excluding hydrogens is 240 g/mol. The average molecular weight is 258 g/mol. The van der Waals surface area contributed by atoms with Gasteiger partial charge in [-0.25, -0.2) is 4.68 Å². The zero-order valence-electron chi connectivity index (χ0n) is 9.91. The number of tetrazole rings is 1. The molecule has 1 saturated heterocycles. The summed E-state index contributed by atoms with van der Waals surface area (Å²) in [6.45, 7) is 4.75. The van der Waals surface area contributed by atoms with Gasteiger partial charge in [0.1, 0.15) is 0 Å². The van der Waals surface area contributed by atoms with Crippen LogP contribution in [0.15, 0.2) is 5.16 Å². The first kappa shape index (κ1) is 12.7. The van der Waals surface area contributed by atoms with E-state index < -0.39 is 0 Å². The molecule has 0 spiro atoms. The van der Waals surface area contributed by atoms with Crippen LogP contribution in [0, 0.1) is 0 Å². The van der Waals surface area contributed by atoms with Crippen LogP contribution < -0.4 is 5.32 Å². The fourth-order valence-corrected chi connectivity index (χ4v) is 2.52. The molecule has 1 aromatic heterocycles. The minimum Gasteiger partial charge on any atom is -0.391 e. The van der Waals surface area contributed by atoms with Gasteiger partial charge >= 0.3 is 0 Å². The lowest BCUT2D eigenvalue weighted by atomic mass is 10.3. The highest BCUT2D eigenvalue weighted by Gasteiger charge is 2.15. The highest BCUT2D eigenvalue weighted by atomic mass is 32.2. The van der Waals surface area contributed by atoms with Gasteiger partial charge < -0.3 is 10.4 Å². The molecule has 8 heteroatoms. The summed E-state index contributed by atoms with van der Waals surface area (Å²) in [6.07, 6.45) is -0.338. The monoisotopic (exact) mass is 258 g/mol. The van der Waals surface area contributed by atoms with Crippen molar-refractivity contribution in [2.75, 3.05) is 38.5 Å². The Balaban J connectivity index is 1.70. The topological polar surface area (TPSA) is 79.1 Å². The molecule has 0 aromatic carbocycles. The Bertz CT molecular complexity index is 340. The Morgan fingerprint density at radius 3 is 2.88 bits per heavy atom. The van der Waals surface area contributed by atoms with Crippen LogP contribution in [0.5, 0.6) is 0 Å². The standard InChI is InChI=1S/C9H18N6OS/c1-14-9(11-12-13-14)17-7-8(16)6-15-4-2-10-3-5-15/h8,10,16H,2-7H2,1H3. The average Bonchev–Trinajstić information content (AvgIpc) is 2.74. The van der Waals surface area contributed by atoms with Gasteiger partial charge in [0.2, 0.25) is 5.16 Å². The normalized spacial score (nSPS) is 19.4. The van der Waals surface area contributed by atoms with E-state index in [1.807, 2.05) is 0 Å². The molecule has 0 aliphatic carbocycles. The quantitative estimate of drug-likeness (QED) is 0.627. The van der Waals surface area contributed by atoms with Crippen LogP contribution in [0.4, 0.5) is 0 Å². The Labute approximate surface area is 105 Å². The van der Waals surface area contributed by atoms with Crippen molar-refractivity contribution in [3.63, 3.8) is 0 Å². The zero-order chi connectivity index (χ0) is 12.1. The third-order valence-corrected chi connectivity index (χ3v) is 3.82. The van der Waals surface area contributed by atoms with Crippen molar-refractivity contribution in [3.05, 3.63) is 0 Å². The molecule has 2 N–H and O–H groups in total. The van der Waals surface area contributed by atoms with E-state index in [2.05, 4.69) is 25.7 Å². The zero-order valence-corrected chi connectivity index (χ0v) is 10.7. The van der Waals surface area contributed by atoms with E-state index in [-0.39, 0.29) is 6.10 Å². The second-order valence-corrected chi connectivity index (χ2v) is 5.09. The van der Waals surface area contributed by atoms with Crippen molar-refractivity contribution in [1.82, 2.24) is 30.4 Å². The van der Waals surface area contributed by atoms with Gasteiger partial charge in [-0.05, 0) is 10.4 Å². The lowest BCUT2D eigenvalue weighted by molar-refractivity contribution is 0.121. The summed E-state index contributed by atoms with van der Waals surface area (Å²) in [5, 5.41) is 25.1. The highest BCUT2D eigenvalue weighted by Crippen LogP contribution is 2.14. The maximum absolute atomic E-state index is 9.93. The largest absolute Gasteiger partial charge is 0.391 e. The van der Waals surface area contributed by atoms with Crippen LogP contribution in [0.1, 0.15) is 0 Å². The minimum atomic E-state index is -0.338. The Morgan fingerprint density at radius 1 is 1.47 bits per heavy atom. The van der Waals surface area contributed by atoms with Gasteiger partial charge in [-0.2, -0.15) is 0 Å². The van der Waals surface area contributed by atoms with E-state index in [1.165, 1.54) is 11.8 Å². The third-order valence-electron chi connectivity index (χ3n) is 2.66. The number of nitrogens with one attached hydrogen (secondary N) is 1. The highest BCUT2D eigenvalue weighted by molar-refractivity contribution is 7.99. The Kier molecular flexibility index (Phi) is 4.72. The molecule has 2 rings (SSSR count). The molecule has 0 radical (unpaired) electrons. The maximum atomic E-state index is 9.93. The summed E-state index contributed by atoms with van der Waals surface area (Å²) < 4.78 is 1.61. The second-order valence-electron chi connectivity index (χ2n) is 4.10. The third kappa shape index (κ3) is 3.91. The van der Waals surface area contributed by atoms with E-state index in [0.29, 0.717) is 5.75 Å².